The maximum atomic E-state index is 15.2. The highest BCUT2D eigenvalue weighted by Crippen LogP contribution is 2.28. The Hall–Kier alpha value is -4.51. The smallest absolute Gasteiger partial charge is 0.276 e. The maximum Gasteiger partial charge on any atom is 0.276 e. The van der Waals surface area contributed by atoms with Crippen molar-refractivity contribution in [2.75, 3.05) is 18.4 Å². The van der Waals surface area contributed by atoms with Gasteiger partial charge in [0.2, 0.25) is 5.89 Å². The van der Waals surface area contributed by atoms with Crippen LogP contribution in [0.25, 0.3) is 22.8 Å². The summed E-state index contributed by atoms with van der Waals surface area (Å²) in [5, 5.41) is 16.5. The Balaban J connectivity index is 1.22. The minimum atomic E-state index is -0.662. The lowest BCUT2D eigenvalue weighted by Gasteiger charge is -2.11. The van der Waals surface area contributed by atoms with Gasteiger partial charge in [-0.15, -0.1) is 10.2 Å². The van der Waals surface area contributed by atoms with Crippen LogP contribution in [-0.2, 0) is 13.1 Å². The summed E-state index contributed by atoms with van der Waals surface area (Å²) in [4.78, 5) is 10.8. The molecule has 6 rings (SSSR count). The second kappa shape index (κ2) is 10.7. The van der Waals surface area contributed by atoms with Crippen LogP contribution >= 0.6 is 0 Å². The number of anilines is 2. The van der Waals surface area contributed by atoms with E-state index in [4.69, 9.17) is 4.42 Å². The molecule has 198 valence electrons. The number of nitrogens with one attached hydrogen (secondary N) is 1. The highest BCUT2D eigenvalue weighted by atomic mass is 19.1. The van der Waals surface area contributed by atoms with Crippen molar-refractivity contribution in [2.24, 2.45) is 0 Å². The van der Waals surface area contributed by atoms with E-state index < -0.39 is 5.83 Å². The van der Waals surface area contributed by atoms with Crippen molar-refractivity contribution in [1.29, 1.82) is 0 Å². The fraction of sp³-hybridized carbons (Fsp3) is 0.250. The van der Waals surface area contributed by atoms with Crippen molar-refractivity contribution in [3.8, 4) is 0 Å². The lowest BCUT2D eigenvalue weighted by Crippen LogP contribution is -2.18. The zero-order valence-corrected chi connectivity index (χ0v) is 21.3. The van der Waals surface area contributed by atoms with E-state index >= 15 is 4.39 Å². The molecule has 5 aromatic rings. The molecular formula is C28H26F2N8O. The number of benzene rings is 2. The summed E-state index contributed by atoms with van der Waals surface area (Å²) in [5.74, 6) is -0.295. The SMILES string of the molecule is Cc1ncnc(Nc2ccc3c(cnn3Cc3cccc(F)c3)c2)c1/C=C(\F)c1nnc(CN2CCCC2)o1. The lowest BCUT2D eigenvalue weighted by molar-refractivity contribution is 0.289. The fourth-order valence-corrected chi connectivity index (χ4v) is 4.73. The summed E-state index contributed by atoms with van der Waals surface area (Å²) < 4.78 is 36.2. The molecule has 0 amide bonds. The van der Waals surface area contributed by atoms with Crippen LogP contribution in [0.2, 0.25) is 0 Å². The molecule has 0 radical (unpaired) electrons. The number of aromatic nitrogens is 6. The predicted octanol–water partition coefficient (Wildman–Crippen LogP) is 5.51. The zero-order chi connectivity index (χ0) is 26.8. The molecule has 2 aromatic carbocycles. The van der Waals surface area contributed by atoms with Gasteiger partial charge in [0.1, 0.15) is 18.0 Å². The molecule has 1 aliphatic rings. The molecule has 1 saturated heterocycles. The van der Waals surface area contributed by atoms with Crippen molar-refractivity contribution in [2.45, 2.75) is 32.9 Å². The van der Waals surface area contributed by atoms with Gasteiger partial charge in [-0.25, -0.2) is 18.7 Å². The van der Waals surface area contributed by atoms with E-state index in [-0.39, 0.29) is 11.7 Å². The number of rotatable bonds is 8. The molecule has 39 heavy (non-hydrogen) atoms. The molecule has 3 aromatic heterocycles. The maximum absolute atomic E-state index is 15.2. The van der Waals surface area contributed by atoms with Crippen LogP contribution in [0, 0.1) is 12.7 Å². The van der Waals surface area contributed by atoms with Crippen molar-refractivity contribution >= 4 is 34.3 Å². The van der Waals surface area contributed by atoms with Gasteiger partial charge in [-0.3, -0.25) is 9.58 Å². The molecule has 11 heteroatoms. The molecule has 0 atom stereocenters. The van der Waals surface area contributed by atoms with Crippen LogP contribution in [0.4, 0.5) is 20.3 Å². The Kier molecular flexibility index (Phi) is 6.80. The van der Waals surface area contributed by atoms with E-state index in [2.05, 4.69) is 35.5 Å². The van der Waals surface area contributed by atoms with Gasteiger partial charge in [-0.2, -0.15) is 5.10 Å². The first-order valence-electron chi connectivity index (χ1n) is 12.7. The second-order valence-electron chi connectivity index (χ2n) is 9.53. The van der Waals surface area contributed by atoms with Crippen LogP contribution in [0.15, 0.2) is 59.4 Å². The summed E-state index contributed by atoms with van der Waals surface area (Å²) >= 11 is 0. The van der Waals surface area contributed by atoms with Crippen LogP contribution in [0.3, 0.4) is 0 Å². The molecule has 0 unspecified atom stereocenters. The first-order valence-corrected chi connectivity index (χ1v) is 12.7. The largest absolute Gasteiger partial charge is 0.417 e. The Morgan fingerprint density at radius 2 is 1.95 bits per heavy atom. The van der Waals surface area contributed by atoms with Gasteiger partial charge in [0.25, 0.3) is 5.89 Å². The van der Waals surface area contributed by atoms with Gasteiger partial charge in [0.05, 0.1) is 30.5 Å². The van der Waals surface area contributed by atoms with Crippen molar-refractivity contribution in [3.63, 3.8) is 0 Å². The highest BCUT2D eigenvalue weighted by Gasteiger charge is 2.18. The molecule has 0 aliphatic carbocycles. The zero-order valence-electron chi connectivity index (χ0n) is 21.3. The second-order valence-corrected chi connectivity index (χ2v) is 9.53. The fourth-order valence-electron chi connectivity index (χ4n) is 4.73. The minimum absolute atomic E-state index is 0.175. The van der Waals surface area contributed by atoms with Crippen molar-refractivity contribution in [3.05, 3.63) is 89.4 Å². The van der Waals surface area contributed by atoms with Gasteiger partial charge < -0.3 is 9.73 Å². The number of hydrogen-bond donors (Lipinski definition) is 1. The van der Waals surface area contributed by atoms with Gasteiger partial charge in [-0.1, -0.05) is 12.1 Å². The first kappa shape index (κ1) is 24.8. The molecule has 9 nitrogen and oxygen atoms in total. The minimum Gasteiger partial charge on any atom is -0.417 e. The summed E-state index contributed by atoms with van der Waals surface area (Å²) in [6.45, 7) is 4.69. The Bertz CT molecular complexity index is 1650. The number of hydrogen-bond acceptors (Lipinski definition) is 8. The number of halogens is 2. The number of likely N-dealkylation sites (tertiary alicyclic amines) is 1. The summed E-state index contributed by atoms with van der Waals surface area (Å²) in [7, 11) is 0. The summed E-state index contributed by atoms with van der Waals surface area (Å²) in [5.41, 5.74) is 3.52. The van der Waals surface area contributed by atoms with E-state index in [0.29, 0.717) is 36.1 Å². The average molecular weight is 529 g/mol. The molecule has 1 aliphatic heterocycles. The van der Waals surface area contributed by atoms with Crippen molar-refractivity contribution < 1.29 is 13.2 Å². The van der Waals surface area contributed by atoms with E-state index in [9.17, 15) is 4.39 Å². The van der Waals surface area contributed by atoms with E-state index in [1.807, 2.05) is 28.9 Å². The Labute approximate surface area is 223 Å². The normalized spacial score (nSPS) is 14.4. The average Bonchev–Trinajstić information content (AvgIpc) is 3.69. The molecule has 1 fully saturated rings. The molecule has 1 N–H and O–H groups in total. The lowest BCUT2D eigenvalue weighted by atomic mass is 10.1. The molecule has 0 bridgehead atoms. The predicted molar refractivity (Wildman–Crippen MR) is 143 cm³/mol. The third-order valence-corrected chi connectivity index (χ3v) is 6.71. The van der Waals surface area contributed by atoms with Gasteiger partial charge >= 0.3 is 0 Å². The van der Waals surface area contributed by atoms with E-state index in [1.165, 1.54) is 24.5 Å². The highest BCUT2D eigenvalue weighted by molar-refractivity contribution is 5.85. The van der Waals surface area contributed by atoms with Gasteiger partial charge in [0.15, 0.2) is 5.83 Å². The van der Waals surface area contributed by atoms with Crippen LogP contribution in [-0.4, -0.2) is 47.9 Å². The number of nitrogens with zero attached hydrogens (tertiary/aromatic N) is 7. The summed E-state index contributed by atoms with van der Waals surface area (Å²) in [6.07, 6.45) is 6.76. The number of fused-ring (bicyclic) bond motifs is 1. The molecular weight excluding hydrogens is 502 g/mol. The number of aryl methyl sites for hydroxylation is 1. The van der Waals surface area contributed by atoms with Gasteiger partial charge in [0, 0.05) is 16.6 Å². The van der Waals surface area contributed by atoms with Crippen LogP contribution < -0.4 is 5.32 Å². The topological polar surface area (TPSA) is 97.8 Å². The van der Waals surface area contributed by atoms with E-state index in [0.717, 1.165) is 48.1 Å². The Morgan fingerprint density at radius 3 is 2.79 bits per heavy atom. The summed E-state index contributed by atoms with van der Waals surface area (Å²) in [6, 6.07) is 12.2. The van der Waals surface area contributed by atoms with E-state index in [1.54, 1.807) is 19.2 Å². The molecule has 0 spiro atoms. The van der Waals surface area contributed by atoms with Crippen LogP contribution in [0.1, 0.15) is 41.4 Å². The quantitative estimate of drug-likeness (QED) is 0.282. The standard InChI is InChI=1S/C28H26F2N8O/c1-18-23(13-24(30)28-36-35-26(39-28)16-37-9-2-3-10-37)27(32-17-31-18)34-22-7-8-25-20(12-22)14-33-38(25)15-19-5-4-6-21(29)11-19/h4-8,11-14,17H,2-3,9-10,15-16H2,1H3,(H,31,32,34)/b24-13-. The van der Waals surface area contributed by atoms with Gasteiger partial charge in [-0.05, 0) is 74.8 Å². The molecule has 4 heterocycles. The molecule has 0 saturated carbocycles. The van der Waals surface area contributed by atoms with Crippen LogP contribution in [0.5, 0.6) is 0 Å². The third-order valence-electron chi connectivity index (χ3n) is 6.71. The third kappa shape index (κ3) is 5.53. The van der Waals surface area contributed by atoms with Crippen molar-refractivity contribution in [1.82, 2.24) is 34.8 Å². The first-order chi connectivity index (χ1) is 19.0. The monoisotopic (exact) mass is 528 g/mol. The Morgan fingerprint density at radius 1 is 1.08 bits per heavy atom.